The zero-order chi connectivity index (χ0) is 15.8. The molecule has 0 amide bonds. The first-order valence-corrected chi connectivity index (χ1v) is 9.36. The summed E-state index contributed by atoms with van der Waals surface area (Å²) in [7, 11) is -3.67. The SMILES string of the molecule is Cc1csc(C(C)NS(=O)(=O)c2cc(Br)cc(N)c2C)n1. The van der Waals surface area contributed by atoms with Crippen LogP contribution in [0.4, 0.5) is 5.69 Å². The minimum atomic E-state index is -3.67. The molecular weight excluding hydrogens is 374 g/mol. The molecule has 5 nitrogen and oxygen atoms in total. The lowest BCUT2D eigenvalue weighted by Crippen LogP contribution is -2.27. The summed E-state index contributed by atoms with van der Waals surface area (Å²) in [5.41, 5.74) is 7.68. The Hall–Kier alpha value is -0.960. The molecule has 0 fully saturated rings. The van der Waals surface area contributed by atoms with E-state index in [1.807, 2.05) is 12.3 Å². The van der Waals surface area contributed by atoms with Crippen molar-refractivity contribution in [2.75, 3.05) is 5.73 Å². The lowest BCUT2D eigenvalue weighted by molar-refractivity contribution is 0.565. The lowest BCUT2D eigenvalue weighted by Gasteiger charge is -2.15. The summed E-state index contributed by atoms with van der Waals surface area (Å²) >= 11 is 4.70. The van der Waals surface area contributed by atoms with Crippen LogP contribution in [-0.2, 0) is 10.0 Å². The first-order chi connectivity index (χ1) is 9.70. The number of thiazole rings is 1. The second kappa shape index (κ2) is 6.04. The van der Waals surface area contributed by atoms with Gasteiger partial charge in [0.05, 0.1) is 10.9 Å². The van der Waals surface area contributed by atoms with Gasteiger partial charge in [-0.05, 0) is 38.5 Å². The highest BCUT2D eigenvalue weighted by Gasteiger charge is 2.23. The van der Waals surface area contributed by atoms with Gasteiger partial charge in [-0.25, -0.2) is 18.1 Å². The topological polar surface area (TPSA) is 85.1 Å². The normalized spacial score (nSPS) is 13.3. The minimum Gasteiger partial charge on any atom is -0.398 e. The number of hydrogen-bond donors (Lipinski definition) is 2. The number of aromatic nitrogens is 1. The van der Waals surface area contributed by atoms with Crippen molar-refractivity contribution in [2.24, 2.45) is 0 Å². The van der Waals surface area contributed by atoms with Crippen LogP contribution in [0.1, 0.15) is 29.2 Å². The minimum absolute atomic E-state index is 0.175. The number of nitrogens with zero attached hydrogens (tertiary/aromatic N) is 1. The largest absolute Gasteiger partial charge is 0.398 e. The van der Waals surface area contributed by atoms with Gasteiger partial charge in [0.15, 0.2) is 0 Å². The maximum Gasteiger partial charge on any atom is 0.241 e. The number of nitrogen functional groups attached to an aromatic ring is 1. The van der Waals surface area contributed by atoms with Gasteiger partial charge in [0, 0.05) is 21.2 Å². The maximum absolute atomic E-state index is 12.5. The van der Waals surface area contributed by atoms with Gasteiger partial charge in [0.25, 0.3) is 0 Å². The molecule has 0 radical (unpaired) electrons. The highest BCUT2D eigenvalue weighted by molar-refractivity contribution is 9.10. The number of rotatable bonds is 4. The third-order valence-electron chi connectivity index (χ3n) is 2.99. The fourth-order valence-electron chi connectivity index (χ4n) is 1.87. The molecule has 2 aromatic rings. The summed E-state index contributed by atoms with van der Waals surface area (Å²) < 4.78 is 28.3. The van der Waals surface area contributed by atoms with Gasteiger partial charge >= 0.3 is 0 Å². The monoisotopic (exact) mass is 389 g/mol. The molecule has 1 aromatic carbocycles. The Balaban J connectivity index is 2.35. The van der Waals surface area contributed by atoms with E-state index in [2.05, 4.69) is 25.6 Å². The Morgan fingerprint density at radius 2 is 2.05 bits per heavy atom. The van der Waals surface area contributed by atoms with Crippen molar-refractivity contribution in [3.8, 4) is 0 Å². The highest BCUT2D eigenvalue weighted by atomic mass is 79.9. The van der Waals surface area contributed by atoms with Gasteiger partial charge in [-0.1, -0.05) is 15.9 Å². The number of aryl methyl sites for hydroxylation is 1. The smallest absolute Gasteiger partial charge is 0.241 e. The van der Waals surface area contributed by atoms with Gasteiger partial charge in [-0.15, -0.1) is 11.3 Å². The van der Waals surface area contributed by atoms with Crippen LogP contribution in [-0.4, -0.2) is 13.4 Å². The fraction of sp³-hybridized carbons (Fsp3) is 0.308. The van der Waals surface area contributed by atoms with Crippen LogP contribution in [0.2, 0.25) is 0 Å². The van der Waals surface area contributed by atoms with Crippen molar-refractivity contribution in [3.05, 3.63) is 38.3 Å². The first kappa shape index (κ1) is 16.4. The van der Waals surface area contributed by atoms with Crippen molar-refractivity contribution in [1.82, 2.24) is 9.71 Å². The van der Waals surface area contributed by atoms with E-state index in [4.69, 9.17) is 5.73 Å². The molecule has 8 heteroatoms. The molecule has 3 N–H and O–H groups in total. The maximum atomic E-state index is 12.5. The highest BCUT2D eigenvalue weighted by Crippen LogP contribution is 2.28. The number of anilines is 1. The third-order valence-corrected chi connectivity index (χ3v) is 6.26. The molecule has 0 saturated heterocycles. The van der Waals surface area contributed by atoms with E-state index in [1.165, 1.54) is 11.3 Å². The van der Waals surface area contributed by atoms with Gasteiger partial charge in [-0.3, -0.25) is 0 Å². The van der Waals surface area contributed by atoms with E-state index in [0.717, 1.165) is 10.7 Å². The van der Waals surface area contributed by atoms with Crippen LogP contribution in [0.25, 0.3) is 0 Å². The second-order valence-corrected chi connectivity index (χ2v) is 8.28. The van der Waals surface area contributed by atoms with Gasteiger partial charge < -0.3 is 5.73 Å². The second-order valence-electron chi connectivity index (χ2n) is 4.79. The Kier molecular flexibility index (Phi) is 4.72. The summed E-state index contributed by atoms with van der Waals surface area (Å²) in [6.07, 6.45) is 0. The van der Waals surface area contributed by atoms with Gasteiger partial charge in [-0.2, -0.15) is 0 Å². The van der Waals surface area contributed by atoms with Gasteiger partial charge in [0.2, 0.25) is 10.0 Å². The Morgan fingerprint density at radius 1 is 1.38 bits per heavy atom. The van der Waals surface area contributed by atoms with Crippen LogP contribution in [0.5, 0.6) is 0 Å². The summed E-state index contributed by atoms with van der Waals surface area (Å²) in [6, 6.07) is 2.84. The van der Waals surface area contributed by atoms with E-state index in [9.17, 15) is 8.42 Å². The molecule has 1 heterocycles. The quantitative estimate of drug-likeness (QED) is 0.786. The number of sulfonamides is 1. The summed E-state index contributed by atoms with van der Waals surface area (Å²) in [4.78, 5) is 4.48. The first-order valence-electron chi connectivity index (χ1n) is 6.20. The number of benzene rings is 1. The van der Waals surface area contributed by atoms with Crippen molar-refractivity contribution >= 4 is 43.0 Å². The zero-order valence-corrected chi connectivity index (χ0v) is 15.1. The van der Waals surface area contributed by atoms with E-state index < -0.39 is 16.1 Å². The number of nitrogens with one attached hydrogen (secondary N) is 1. The molecule has 0 bridgehead atoms. The summed E-state index contributed by atoms with van der Waals surface area (Å²) in [5.74, 6) is 0. The molecule has 0 aliphatic carbocycles. The third kappa shape index (κ3) is 3.63. The molecule has 2 rings (SSSR count). The Labute approximate surface area is 136 Å². The van der Waals surface area contributed by atoms with E-state index in [0.29, 0.717) is 15.7 Å². The lowest BCUT2D eigenvalue weighted by atomic mass is 10.2. The Bertz CT molecular complexity index is 772. The van der Waals surface area contributed by atoms with E-state index in [-0.39, 0.29) is 4.90 Å². The molecule has 1 aromatic heterocycles. The van der Waals surface area contributed by atoms with Crippen molar-refractivity contribution in [3.63, 3.8) is 0 Å². The fourth-order valence-corrected chi connectivity index (χ4v) is 4.88. The molecule has 1 unspecified atom stereocenters. The molecule has 114 valence electrons. The predicted molar refractivity (Wildman–Crippen MR) is 88.9 cm³/mol. The predicted octanol–water partition coefficient (Wildman–Crippen LogP) is 3.14. The molecule has 21 heavy (non-hydrogen) atoms. The molecule has 0 saturated carbocycles. The average molecular weight is 390 g/mol. The van der Waals surface area contributed by atoms with Crippen LogP contribution >= 0.6 is 27.3 Å². The van der Waals surface area contributed by atoms with Crippen LogP contribution in [0.15, 0.2) is 26.9 Å². The zero-order valence-electron chi connectivity index (χ0n) is 11.8. The van der Waals surface area contributed by atoms with Crippen molar-refractivity contribution < 1.29 is 8.42 Å². The van der Waals surface area contributed by atoms with Crippen molar-refractivity contribution in [2.45, 2.75) is 31.7 Å². The molecule has 0 aliphatic rings. The number of halogens is 1. The molecule has 1 atom stereocenters. The number of hydrogen-bond acceptors (Lipinski definition) is 5. The number of nitrogens with two attached hydrogens (primary N) is 1. The van der Waals surface area contributed by atoms with E-state index in [1.54, 1.807) is 26.0 Å². The van der Waals surface area contributed by atoms with Crippen LogP contribution in [0.3, 0.4) is 0 Å². The van der Waals surface area contributed by atoms with Gasteiger partial charge in [0.1, 0.15) is 5.01 Å². The van der Waals surface area contributed by atoms with Crippen molar-refractivity contribution in [1.29, 1.82) is 0 Å². The average Bonchev–Trinajstić information content (AvgIpc) is 2.80. The van der Waals surface area contributed by atoms with E-state index >= 15 is 0 Å². The standard InChI is InChI=1S/C13H16BrN3O2S2/c1-7-6-20-13(16-7)9(3)17-21(18,19)12-5-10(14)4-11(15)8(12)2/h4-6,9,17H,15H2,1-3H3. The van der Waals surface area contributed by atoms with Crippen LogP contribution < -0.4 is 10.5 Å². The molecule has 0 aliphatic heterocycles. The Morgan fingerprint density at radius 3 is 2.62 bits per heavy atom. The summed E-state index contributed by atoms with van der Waals surface area (Å²) in [5, 5.41) is 2.62. The molecule has 0 spiro atoms. The molecular formula is C13H16BrN3O2S2. The summed E-state index contributed by atoms with van der Waals surface area (Å²) in [6.45, 7) is 5.33. The van der Waals surface area contributed by atoms with Crippen LogP contribution in [0, 0.1) is 13.8 Å².